The van der Waals surface area contributed by atoms with Crippen LogP contribution in [-0.2, 0) is 0 Å². The van der Waals surface area contributed by atoms with Crippen molar-refractivity contribution in [2.45, 2.75) is 6.04 Å². The number of aromatic amines is 1. The molecular weight excluding hydrogens is 252 g/mol. The third-order valence-electron chi connectivity index (χ3n) is 2.30. The van der Waals surface area contributed by atoms with E-state index in [9.17, 15) is 9.59 Å². The maximum atomic E-state index is 11.7. The van der Waals surface area contributed by atoms with Gasteiger partial charge in [-0.15, -0.1) is 11.3 Å². The van der Waals surface area contributed by atoms with E-state index in [0.717, 1.165) is 10.8 Å². The van der Waals surface area contributed by atoms with Gasteiger partial charge >= 0.3 is 5.69 Å². The van der Waals surface area contributed by atoms with Gasteiger partial charge in [0.15, 0.2) is 6.04 Å². The van der Waals surface area contributed by atoms with Crippen LogP contribution < -0.4 is 11.2 Å². The van der Waals surface area contributed by atoms with E-state index in [1.807, 2.05) is 11.1 Å². The fourth-order valence-electron chi connectivity index (χ4n) is 1.47. The summed E-state index contributed by atoms with van der Waals surface area (Å²) in [6, 6.07) is 6.27. The number of rotatable bonds is 2. The first-order valence-electron chi connectivity index (χ1n) is 4.86. The van der Waals surface area contributed by atoms with E-state index in [1.54, 1.807) is 23.6 Å². The lowest BCUT2D eigenvalue weighted by Crippen LogP contribution is -2.33. The minimum atomic E-state index is -0.846. The molecular formula is C11H6N4O2S. The summed E-state index contributed by atoms with van der Waals surface area (Å²) in [5, 5.41) is 19.7. The number of aromatic nitrogens is 2. The molecule has 2 heterocycles. The zero-order valence-electron chi connectivity index (χ0n) is 8.95. The van der Waals surface area contributed by atoms with Crippen molar-refractivity contribution in [2.24, 2.45) is 0 Å². The molecule has 0 spiro atoms. The average Bonchev–Trinajstić information content (AvgIpc) is 2.86. The highest BCUT2D eigenvalue weighted by atomic mass is 32.1. The molecule has 2 aromatic rings. The fraction of sp³-hybridized carbons (Fsp3) is 0.0909. The Balaban J connectivity index is 2.65. The maximum absolute atomic E-state index is 11.7. The first-order valence-corrected chi connectivity index (χ1v) is 5.74. The number of nitriles is 2. The minimum absolute atomic E-state index is 0.202. The van der Waals surface area contributed by atoms with Gasteiger partial charge in [-0.25, -0.2) is 4.79 Å². The molecule has 1 unspecified atom stereocenters. The van der Waals surface area contributed by atoms with Gasteiger partial charge in [-0.3, -0.25) is 14.3 Å². The van der Waals surface area contributed by atoms with E-state index in [2.05, 4.69) is 0 Å². The molecule has 88 valence electrons. The van der Waals surface area contributed by atoms with Crippen molar-refractivity contribution in [3.05, 3.63) is 55.0 Å². The van der Waals surface area contributed by atoms with E-state index in [4.69, 9.17) is 10.5 Å². The van der Waals surface area contributed by atoms with E-state index in [1.165, 1.54) is 11.3 Å². The summed E-state index contributed by atoms with van der Waals surface area (Å²) in [7, 11) is 0. The number of hydrogen-bond donors (Lipinski definition) is 1. The van der Waals surface area contributed by atoms with Crippen LogP contribution in [0.3, 0.4) is 0 Å². The van der Waals surface area contributed by atoms with Crippen LogP contribution in [0.4, 0.5) is 0 Å². The van der Waals surface area contributed by atoms with E-state index in [0.29, 0.717) is 4.88 Å². The summed E-state index contributed by atoms with van der Waals surface area (Å²) in [6.07, 6.45) is 1.11. The van der Waals surface area contributed by atoms with Gasteiger partial charge in [0.2, 0.25) is 0 Å². The summed E-state index contributed by atoms with van der Waals surface area (Å²) in [5.74, 6) is 0. The van der Waals surface area contributed by atoms with Crippen LogP contribution in [0.15, 0.2) is 33.3 Å². The molecule has 2 aromatic heterocycles. The van der Waals surface area contributed by atoms with Crippen molar-refractivity contribution in [2.75, 3.05) is 0 Å². The summed E-state index contributed by atoms with van der Waals surface area (Å²) in [6.45, 7) is 0. The molecule has 1 N–H and O–H groups in total. The minimum Gasteiger partial charge on any atom is -0.278 e. The Kier molecular flexibility index (Phi) is 3.09. The molecule has 7 heteroatoms. The fourth-order valence-corrected chi connectivity index (χ4v) is 2.23. The van der Waals surface area contributed by atoms with Crippen molar-refractivity contribution >= 4 is 11.3 Å². The summed E-state index contributed by atoms with van der Waals surface area (Å²) in [4.78, 5) is 25.6. The van der Waals surface area contributed by atoms with Crippen LogP contribution >= 0.6 is 11.3 Å². The van der Waals surface area contributed by atoms with E-state index >= 15 is 0 Å². The Bertz CT molecular complexity index is 758. The Morgan fingerprint density at radius 2 is 2.17 bits per heavy atom. The number of H-pyrrole nitrogens is 1. The third-order valence-corrected chi connectivity index (χ3v) is 3.23. The van der Waals surface area contributed by atoms with Gasteiger partial charge in [0, 0.05) is 11.1 Å². The number of hydrogen-bond acceptors (Lipinski definition) is 5. The van der Waals surface area contributed by atoms with Gasteiger partial charge in [0.05, 0.1) is 6.07 Å². The topological polar surface area (TPSA) is 102 Å². The Hall–Kier alpha value is -2.64. The molecule has 0 amide bonds. The van der Waals surface area contributed by atoms with Crippen molar-refractivity contribution in [1.29, 1.82) is 10.5 Å². The average molecular weight is 258 g/mol. The molecule has 0 saturated heterocycles. The van der Waals surface area contributed by atoms with Crippen molar-refractivity contribution < 1.29 is 0 Å². The van der Waals surface area contributed by atoms with Crippen LogP contribution in [0.25, 0.3) is 0 Å². The molecule has 6 nitrogen and oxygen atoms in total. The second-order valence-corrected chi connectivity index (χ2v) is 4.35. The molecule has 0 bridgehead atoms. The monoisotopic (exact) mass is 258 g/mol. The van der Waals surface area contributed by atoms with Crippen LogP contribution in [-0.4, -0.2) is 9.55 Å². The van der Waals surface area contributed by atoms with E-state index < -0.39 is 17.3 Å². The zero-order valence-corrected chi connectivity index (χ0v) is 9.77. The van der Waals surface area contributed by atoms with Crippen molar-refractivity contribution in [3.63, 3.8) is 0 Å². The molecule has 0 aliphatic carbocycles. The molecule has 0 radical (unpaired) electrons. The van der Waals surface area contributed by atoms with Crippen LogP contribution in [0.2, 0.25) is 0 Å². The Morgan fingerprint density at radius 3 is 2.72 bits per heavy atom. The largest absolute Gasteiger partial charge is 0.329 e. The third kappa shape index (κ3) is 1.95. The Labute approximate surface area is 105 Å². The van der Waals surface area contributed by atoms with Gasteiger partial charge in [0.25, 0.3) is 5.56 Å². The highest BCUT2D eigenvalue weighted by Gasteiger charge is 2.17. The number of nitrogens with one attached hydrogen (secondary N) is 1. The lowest BCUT2D eigenvalue weighted by atomic mass is 10.2. The molecule has 0 fully saturated rings. The molecule has 0 aliphatic heterocycles. The highest BCUT2D eigenvalue weighted by Crippen LogP contribution is 2.20. The normalized spacial score (nSPS) is 11.4. The number of thiophene rings is 1. The van der Waals surface area contributed by atoms with Gasteiger partial charge in [-0.2, -0.15) is 10.5 Å². The second-order valence-electron chi connectivity index (χ2n) is 3.37. The lowest BCUT2D eigenvalue weighted by Gasteiger charge is -2.10. The Morgan fingerprint density at radius 1 is 1.39 bits per heavy atom. The number of nitrogens with zero attached hydrogens (tertiary/aromatic N) is 3. The molecule has 2 rings (SSSR count). The van der Waals surface area contributed by atoms with Crippen LogP contribution in [0.1, 0.15) is 16.5 Å². The van der Waals surface area contributed by atoms with Gasteiger partial charge < -0.3 is 0 Å². The van der Waals surface area contributed by atoms with Crippen molar-refractivity contribution in [3.8, 4) is 12.1 Å². The molecule has 0 aliphatic rings. The standard InChI is InChI=1S/C11H6N4O2S/c12-4-7-6-15(11(17)14-10(7)16)8(5-13)9-2-1-3-18-9/h1-3,6,8H,(H,14,16,17). The summed E-state index contributed by atoms with van der Waals surface area (Å²) >= 11 is 1.32. The van der Waals surface area contributed by atoms with Gasteiger partial charge in [-0.1, -0.05) is 6.07 Å². The maximum Gasteiger partial charge on any atom is 0.329 e. The quantitative estimate of drug-likeness (QED) is 0.851. The molecule has 0 aromatic carbocycles. The van der Waals surface area contributed by atoms with E-state index in [-0.39, 0.29) is 5.56 Å². The summed E-state index contributed by atoms with van der Waals surface area (Å²) < 4.78 is 1.05. The van der Waals surface area contributed by atoms with Crippen LogP contribution in [0, 0.1) is 22.7 Å². The SMILES string of the molecule is N#Cc1cn(C(C#N)c2cccs2)c(=O)[nH]c1=O. The second kappa shape index (κ2) is 4.70. The molecule has 0 saturated carbocycles. The predicted octanol–water partition coefficient (Wildman–Crippen LogP) is 0.583. The molecule has 1 atom stereocenters. The molecule has 18 heavy (non-hydrogen) atoms. The van der Waals surface area contributed by atoms with Gasteiger partial charge in [0.1, 0.15) is 11.6 Å². The predicted molar refractivity (Wildman–Crippen MR) is 64.1 cm³/mol. The highest BCUT2D eigenvalue weighted by molar-refractivity contribution is 7.10. The lowest BCUT2D eigenvalue weighted by molar-refractivity contribution is 0.660. The summed E-state index contributed by atoms with van der Waals surface area (Å²) in [5.41, 5.74) is -1.66. The smallest absolute Gasteiger partial charge is 0.278 e. The van der Waals surface area contributed by atoms with Gasteiger partial charge in [-0.05, 0) is 11.4 Å². The zero-order chi connectivity index (χ0) is 13.1. The van der Waals surface area contributed by atoms with Crippen LogP contribution in [0.5, 0.6) is 0 Å². The van der Waals surface area contributed by atoms with Crippen molar-refractivity contribution in [1.82, 2.24) is 9.55 Å². The first kappa shape index (κ1) is 11.8. The first-order chi connectivity index (χ1) is 8.67.